The fourth-order valence-corrected chi connectivity index (χ4v) is 6.27. The van der Waals surface area contributed by atoms with Crippen LogP contribution in [0.2, 0.25) is 0 Å². The molecule has 2 aliphatic heterocycles. The molecule has 0 radical (unpaired) electrons. The number of hydrogen-bond acceptors (Lipinski definition) is 2. The number of fused-ring (bicyclic) bond motifs is 1. The van der Waals surface area contributed by atoms with E-state index in [0.717, 1.165) is 23.4 Å². The molecule has 0 bridgehead atoms. The summed E-state index contributed by atoms with van der Waals surface area (Å²) in [6.07, 6.45) is 0.930. The molecule has 4 aromatic rings. The number of nitrogens with zero attached hydrogens (tertiary/aromatic N) is 1. The molecule has 0 amide bonds. The van der Waals surface area contributed by atoms with E-state index in [1.165, 1.54) is 55.8 Å². The van der Waals surface area contributed by atoms with Crippen LogP contribution in [-0.2, 0) is 10.8 Å². The second kappa shape index (κ2) is 10.8. The Morgan fingerprint density at radius 2 is 1.21 bits per heavy atom. The lowest BCUT2D eigenvalue weighted by molar-refractivity contribution is 0.588. The lowest BCUT2D eigenvalue weighted by Gasteiger charge is -2.21. The highest BCUT2D eigenvalue weighted by atomic mass is 15.0. The normalized spacial score (nSPS) is 18.0. The summed E-state index contributed by atoms with van der Waals surface area (Å²) >= 11 is 0. The van der Waals surface area contributed by atoms with E-state index < -0.39 is 0 Å². The molecule has 4 aromatic carbocycles. The van der Waals surface area contributed by atoms with Gasteiger partial charge in [-0.25, -0.2) is 4.99 Å². The average Bonchev–Trinajstić information content (AvgIpc) is 3.60. The van der Waals surface area contributed by atoms with Crippen LogP contribution < -0.4 is 5.32 Å². The molecule has 2 aliphatic rings. The minimum atomic E-state index is 0.119. The molecular formula is C41H44N2. The maximum atomic E-state index is 5.33. The summed E-state index contributed by atoms with van der Waals surface area (Å²) in [5, 5.41) is 3.98. The van der Waals surface area contributed by atoms with Crippen LogP contribution in [0, 0.1) is 6.92 Å². The van der Waals surface area contributed by atoms with E-state index in [9.17, 15) is 0 Å². The maximum Gasteiger partial charge on any atom is 0.0788 e. The molecule has 0 saturated heterocycles. The van der Waals surface area contributed by atoms with Crippen molar-refractivity contribution < 1.29 is 0 Å². The SMILES string of the molecule is C/C(C1=C(c2ccc(C(C)(C)C)cc2)CC(c2ccc(C(C)(C)C)cc2)N1)=C1/N=C(c2ccc(C)cc2)c2ccccc21. The molecular weight excluding hydrogens is 520 g/mol. The van der Waals surface area contributed by atoms with E-state index in [-0.39, 0.29) is 16.9 Å². The highest BCUT2D eigenvalue weighted by Gasteiger charge is 2.31. The fraction of sp³-hybridized carbons (Fsp3) is 0.293. The Kier molecular flexibility index (Phi) is 7.29. The predicted molar refractivity (Wildman–Crippen MR) is 184 cm³/mol. The molecule has 2 heterocycles. The van der Waals surface area contributed by atoms with Gasteiger partial charge < -0.3 is 5.32 Å². The van der Waals surface area contributed by atoms with Gasteiger partial charge in [0.15, 0.2) is 0 Å². The first-order chi connectivity index (χ1) is 20.4. The van der Waals surface area contributed by atoms with Gasteiger partial charge in [-0.05, 0) is 64.5 Å². The highest BCUT2D eigenvalue weighted by Crippen LogP contribution is 2.43. The zero-order chi connectivity index (χ0) is 30.5. The van der Waals surface area contributed by atoms with Crippen molar-refractivity contribution >= 4 is 17.0 Å². The largest absolute Gasteiger partial charge is 0.377 e. The van der Waals surface area contributed by atoms with Crippen LogP contribution in [0.4, 0.5) is 0 Å². The van der Waals surface area contributed by atoms with Crippen molar-refractivity contribution in [1.82, 2.24) is 5.32 Å². The Bertz CT molecular complexity index is 1750. The van der Waals surface area contributed by atoms with Crippen LogP contribution in [0.25, 0.3) is 11.3 Å². The minimum Gasteiger partial charge on any atom is -0.377 e. The molecule has 1 atom stereocenters. The van der Waals surface area contributed by atoms with Crippen LogP contribution in [0.1, 0.15) is 105 Å². The summed E-state index contributed by atoms with van der Waals surface area (Å²) < 4.78 is 0. The molecule has 1 unspecified atom stereocenters. The average molecular weight is 565 g/mol. The summed E-state index contributed by atoms with van der Waals surface area (Å²) in [5.74, 6) is 0. The Balaban J connectivity index is 1.46. The molecule has 6 rings (SSSR count). The zero-order valence-electron chi connectivity index (χ0n) is 27.0. The summed E-state index contributed by atoms with van der Waals surface area (Å²) in [6.45, 7) is 18.0. The number of aryl methyl sites for hydroxylation is 1. The van der Waals surface area contributed by atoms with Gasteiger partial charge in [-0.3, -0.25) is 0 Å². The van der Waals surface area contributed by atoms with Gasteiger partial charge in [-0.2, -0.15) is 0 Å². The summed E-state index contributed by atoms with van der Waals surface area (Å²) in [5.41, 5.74) is 16.2. The number of benzene rings is 4. The third-order valence-corrected chi connectivity index (χ3v) is 9.02. The number of rotatable bonds is 4. The van der Waals surface area contributed by atoms with Gasteiger partial charge in [0.25, 0.3) is 0 Å². The lowest BCUT2D eigenvalue weighted by atomic mass is 9.85. The summed E-state index contributed by atoms with van der Waals surface area (Å²) in [6, 6.07) is 36.0. The van der Waals surface area contributed by atoms with Crippen LogP contribution in [0.5, 0.6) is 0 Å². The van der Waals surface area contributed by atoms with Crippen LogP contribution >= 0.6 is 0 Å². The number of allylic oxidation sites excluding steroid dienone is 1. The monoisotopic (exact) mass is 564 g/mol. The van der Waals surface area contributed by atoms with Crippen molar-refractivity contribution in [3.8, 4) is 0 Å². The van der Waals surface area contributed by atoms with Crippen molar-refractivity contribution in [2.24, 2.45) is 4.99 Å². The van der Waals surface area contributed by atoms with E-state index in [1.54, 1.807) is 0 Å². The van der Waals surface area contributed by atoms with Gasteiger partial charge in [-0.15, -0.1) is 0 Å². The highest BCUT2D eigenvalue weighted by molar-refractivity contribution is 6.20. The third kappa shape index (κ3) is 5.64. The zero-order valence-corrected chi connectivity index (χ0v) is 27.0. The van der Waals surface area contributed by atoms with Gasteiger partial charge >= 0.3 is 0 Å². The van der Waals surface area contributed by atoms with Gasteiger partial charge in [0, 0.05) is 22.4 Å². The maximum absolute atomic E-state index is 5.33. The van der Waals surface area contributed by atoms with Crippen molar-refractivity contribution in [2.75, 3.05) is 0 Å². The summed E-state index contributed by atoms with van der Waals surface area (Å²) in [4.78, 5) is 5.33. The fourth-order valence-electron chi connectivity index (χ4n) is 6.27. The van der Waals surface area contributed by atoms with Crippen molar-refractivity contribution in [1.29, 1.82) is 0 Å². The van der Waals surface area contributed by atoms with Gasteiger partial charge in [0.05, 0.1) is 17.5 Å². The van der Waals surface area contributed by atoms with E-state index in [2.05, 4.69) is 158 Å². The Labute approximate surface area is 258 Å². The standard InChI is InChI=1S/C41H44N2/c1-26-13-15-30(16-14-26)39-34-12-10-9-11-33(34)37(43-39)27(2)38-35(28-17-21-31(22-18-28)40(3,4)5)25-36(42-38)29-19-23-32(24-20-29)41(6,7)8/h9-24,36,42H,25H2,1-8H3/b37-27-. The van der Waals surface area contributed by atoms with Crippen molar-refractivity contribution in [2.45, 2.75) is 78.7 Å². The Morgan fingerprint density at radius 3 is 1.79 bits per heavy atom. The van der Waals surface area contributed by atoms with Gasteiger partial charge in [0.2, 0.25) is 0 Å². The van der Waals surface area contributed by atoms with E-state index in [1.807, 2.05) is 0 Å². The number of nitrogens with one attached hydrogen (secondary N) is 1. The van der Waals surface area contributed by atoms with Crippen molar-refractivity contribution in [3.63, 3.8) is 0 Å². The lowest BCUT2D eigenvalue weighted by Crippen LogP contribution is -2.16. The summed E-state index contributed by atoms with van der Waals surface area (Å²) in [7, 11) is 0. The molecule has 0 aliphatic carbocycles. The number of hydrogen-bond donors (Lipinski definition) is 1. The number of aliphatic imine (C=N–C) groups is 1. The first kappa shape index (κ1) is 28.9. The quantitative estimate of drug-likeness (QED) is 0.262. The van der Waals surface area contributed by atoms with E-state index in [4.69, 9.17) is 4.99 Å². The first-order valence-corrected chi connectivity index (χ1v) is 15.6. The van der Waals surface area contributed by atoms with Gasteiger partial charge in [0.1, 0.15) is 0 Å². The van der Waals surface area contributed by atoms with E-state index in [0.29, 0.717) is 0 Å². The van der Waals surface area contributed by atoms with Crippen molar-refractivity contribution in [3.05, 3.63) is 153 Å². The predicted octanol–water partition coefficient (Wildman–Crippen LogP) is 10.3. The first-order valence-electron chi connectivity index (χ1n) is 15.6. The molecule has 43 heavy (non-hydrogen) atoms. The van der Waals surface area contributed by atoms with Gasteiger partial charge in [-0.1, -0.05) is 144 Å². The molecule has 0 saturated carbocycles. The third-order valence-electron chi connectivity index (χ3n) is 9.02. The van der Waals surface area contributed by atoms with Crippen LogP contribution in [0.15, 0.2) is 113 Å². The molecule has 218 valence electrons. The molecule has 1 N–H and O–H groups in total. The Hall–Kier alpha value is -4.17. The minimum absolute atomic E-state index is 0.119. The molecule has 0 spiro atoms. The molecule has 0 fully saturated rings. The molecule has 2 heteroatoms. The Morgan fingerprint density at radius 1 is 0.674 bits per heavy atom. The second-order valence-electron chi connectivity index (χ2n) is 14.3. The molecule has 0 aromatic heterocycles. The smallest absolute Gasteiger partial charge is 0.0788 e. The van der Waals surface area contributed by atoms with Crippen LogP contribution in [-0.4, -0.2) is 5.71 Å². The van der Waals surface area contributed by atoms with Crippen LogP contribution in [0.3, 0.4) is 0 Å². The van der Waals surface area contributed by atoms with E-state index >= 15 is 0 Å². The topological polar surface area (TPSA) is 24.4 Å². The second-order valence-corrected chi connectivity index (χ2v) is 14.3. The molecule has 2 nitrogen and oxygen atoms in total.